The van der Waals surface area contributed by atoms with Gasteiger partial charge in [0, 0.05) is 35.1 Å². The molecule has 0 spiro atoms. The van der Waals surface area contributed by atoms with Crippen molar-refractivity contribution < 1.29 is 0 Å². The Labute approximate surface area is 114 Å². The van der Waals surface area contributed by atoms with Crippen molar-refractivity contribution in [3.05, 3.63) is 45.9 Å². The van der Waals surface area contributed by atoms with E-state index in [1.165, 1.54) is 17.1 Å². The molecule has 0 bridgehead atoms. The maximum absolute atomic E-state index is 8.52. The average molecular weight is 317 g/mol. The zero-order valence-electron chi connectivity index (χ0n) is 9.34. The predicted octanol–water partition coefficient (Wildman–Crippen LogP) is 2.91. The van der Waals surface area contributed by atoms with Gasteiger partial charge in [-0.25, -0.2) is 19.6 Å². The summed E-state index contributed by atoms with van der Waals surface area (Å²) in [6, 6.07) is 1.83. The van der Waals surface area contributed by atoms with Crippen molar-refractivity contribution in [3.63, 3.8) is 0 Å². The summed E-state index contributed by atoms with van der Waals surface area (Å²) in [6.07, 6.45) is 6.39. The van der Waals surface area contributed by atoms with Crippen LogP contribution in [0.1, 0.15) is 0 Å². The molecular weight excluding hydrogens is 312 g/mol. The van der Waals surface area contributed by atoms with Gasteiger partial charge in [-0.3, -0.25) is 0 Å². The Kier molecular flexibility index (Phi) is 2.82. The van der Waals surface area contributed by atoms with Gasteiger partial charge in [-0.1, -0.05) is 0 Å². The van der Waals surface area contributed by atoms with Crippen molar-refractivity contribution in [1.82, 2.24) is 24.7 Å². The molecule has 0 N–H and O–H groups in total. The highest BCUT2D eigenvalue weighted by molar-refractivity contribution is 9.10. The Bertz CT molecular complexity index is 804. The third kappa shape index (κ3) is 2.01. The van der Waals surface area contributed by atoms with Gasteiger partial charge in [0.05, 0.1) is 0 Å². The molecule has 8 nitrogen and oxygen atoms in total. The number of aromatic nitrogens is 5. The van der Waals surface area contributed by atoms with Crippen molar-refractivity contribution >= 4 is 32.7 Å². The lowest BCUT2D eigenvalue weighted by atomic mass is 10.3. The summed E-state index contributed by atoms with van der Waals surface area (Å²) in [5.74, 6) is 0.533. The molecule has 0 aromatic carbocycles. The first kappa shape index (κ1) is 11.6. The number of halogens is 1. The maximum atomic E-state index is 8.52. The van der Waals surface area contributed by atoms with Gasteiger partial charge in [0.1, 0.15) is 10.1 Å². The maximum Gasteiger partial charge on any atom is 0.181 e. The largest absolute Gasteiger partial charge is 0.249 e. The third-order valence-corrected chi connectivity index (χ3v) is 2.98. The van der Waals surface area contributed by atoms with Gasteiger partial charge in [-0.2, -0.15) is 5.10 Å². The molecule has 19 heavy (non-hydrogen) atoms. The second kappa shape index (κ2) is 4.63. The van der Waals surface area contributed by atoms with Crippen LogP contribution in [-0.4, -0.2) is 24.7 Å². The van der Waals surface area contributed by atoms with Gasteiger partial charge in [-0.05, 0) is 32.6 Å². The molecule has 3 aromatic heterocycles. The van der Waals surface area contributed by atoms with Gasteiger partial charge in [0.15, 0.2) is 11.6 Å². The number of hydrogen-bond acceptors (Lipinski definition) is 5. The highest BCUT2D eigenvalue weighted by atomic mass is 79.9. The molecule has 0 aliphatic carbocycles. The molecule has 0 saturated carbocycles. The van der Waals surface area contributed by atoms with Gasteiger partial charge >= 0.3 is 0 Å². The average Bonchev–Trinajstić information content (AvgIpc) is 2.85. The van der Waals surface area contributed by atoms with E-state index in [9.17, 15) is 0 Å². The Morgan fingerprint density at radius 1 is 1.21 bits per heavy atom. The molecular formula is C10H5BrN8. The monoisotopic (exact) mass is 316 g/mol. The van der Waals surface area contributed by atoms with E-state index in [2.05, 4.69) is 46.0 Å². The van der Waals surface area contributed by atoms with E-state index < -0.39 is 0 Å². The van der Waals surface area contributed by atoms with Crippen LogP contribution in [0.5, 0.6) is 0 Å². The van der Waals surface area contributed by atoms with Gasteiger partial charge in [0.2, 0.25) is 0 Å². The number of nitrogens with zero attached hydrogens (tertiary/aromatic N) is 8. The van der Waals surface area contributed by atoms with Crippen molar-refractivity contribution in [3.8, 4) is 5.82 Å². The molecule has 0 unspecified atom stereocenters. The van der Waals surface area contributed by atoms with Crippen LogP contribution in [0.15, 0.2) is 40.6 Å². The van der Waals surface area contributed by atoms with Crippen LogP contribution in [0.4, 0.5) is 5.82 Å². The van der Waals surface area contributed by atoms with E-state index in [0.29, 0.717) is 15.9 Å². The molecule has 92 valence electrons. The summed E-state index contributed by atoms with van der Waals surface area (Å²) < 4.78 is 2.15. The Morgan fingerprint density at radius 3 is 2.84 bits per heavy atom. The normalized spacial score (nSPS) is 10.4. The zero-order chi connectivity index (χ0) is 13.2. The van der Waals surface area contributed by atoms with Crippen LogP contribution in [0.2, 0.25) is 0 Å². The van der Waals surface area contributed by atoms with Crippen molar-refractivity contribution in [2.45, 2.75) is 0 Å². The van der Waals surface area contributed by atoms with Crippen LogP contribution in [0, 0.1) is 0 Å². The van der Waals surface area contributed by atoms with E-state index in [4.69, 9.17) is 5.53 Å². The fourth-order valence-corrected chi connectivity index (χ4v) is 2.05. The Balaban J connectivity index is 2.25. The summed E-state index contributed by atoms with van der Waals surface area (Å²) in [7, 11) is 0. The van der Waals surface area contributed by atoms with Crippen LogP contribution < -0.4 is 0 Å². The van der Waals surface area contributed by atoms with Crippen LogP contribution in [0.25, 0.3) is 27.2 Å². The molecule has 3 aromatic rings. The van der Waals surface area contributed by atoms with Gasteiger partial charge in [0.25, 0.3) is 0 Å². The molecule has 0 aliphatic rings. The molecule has 0 radical (unpaired) electrons. The van der Waals surface area contributed by atoms with Crippen LogP contribution >= 0.6 is 15.9 Å². The van der Waals surface area contributed by atoms with Crippen LogP contribution in [0.3, 0.4) is 0 Å². The summed E-state index contributed by atoms with van der Waals surface area (Å²) in [5.41, 5.74) is 9.21. The topological polar surface area (TPSA) is 105 Å². The predicted molar refractivity (Wildman–Crippen MR) is 71.0 cm³/mol. The quantitative estimate of drug-likeness (QED) is 0.313. The molecule has 3 heterocycles. The van der Waals surface area contributed by atoms with Crippen molar-refractivity contribution in [1.29, 1.82) is 0 Å². The van der Waals surface area contributed by atoms with E-state index in [1.807, 2.05) is 6.07 Å². The van der Waals surface area contributed by atoms with Gasteiger partial charge < -0.3 is 0 Å². The molecule has 0 aliphatic heterocycles. The van der Waals surface area contributed by atoms with Crippen molar-refractivity contribution in [2.75, 3.05) is 0 Å². The van der Waals surface area contributed by atoms with Crippen LogP contribution in [-0.2, 0) is 0 Å². The number of pyridine rings is 1. The number of hydrogen-bond donors (Lipinski definition) is 0. The van der Waals surface area contributed by atoms with E-state index in [0.717, 1.165) is 5.39 Å². The molecule has 0 fully saturated rings. The van der Waals surface area contributed by atoms with E-state index >= 15 is 0 Å². The number of azide groups is 1. The Morgan fingerprint density at radius 2 is 2.05 bits per heavy atom. The fourth-order valence-electron chi connectivity index (χ4n) is 1.62. The number of rotatable bonds is 2. The minimum Gasteiger partial charge on any atom is -0.249 e. The standard InChI is InChI=1S/C10H5BrN8/c11-8-7-6(1-2-13-8)5-19(17-7)10-9(16-18-12)14-3-4-15-10/h1-5H. The van der Waals surface area contributed by atoms with E-state index in [1.54, 1.807) is 12.4 Å². The minimum atomic E-state index is 0.168. The Hall–Kier alpha value is -2.51. The first-order valence-electron chi connectivity index (χ1n) is 5.16. The first-order chi connectivity index (χ1) is 9.29. The lowest BCUT2D eigenvalue weighted by Gasteiger charge is -2.01. The highest BCUT2D eigenvalue weighted by Gasteiger charge is 2.10. The SMILES string of the molecule is [N-]=[N+]=Nc1nccnc1-n1cc2ccnc(Br)c2n1. The minimum absolute atomic E-state index is 0.168. The highest BCUT2D eigenvalue weighted by Crippen LogP contribution is 2.23. The van der Waals surface area contributed by atoms with Gasteiger partial charge in [-0.15, -0.1) is 0 Å². The fraction of sp³-hybridized carbons (Fsp3) is 0. The summed E-state index contributed by atoms with van der Waals surface area (Å²) in [4.78, 5) is 14.9. The third-order valence-electron chi connectivity index (χ3n) is 2.40. The first-order valence-corrected chi connectivity index (χ1v) is 5.95. The second-order valence-corrected chi connectivity index (χ2v) is 4.26. The number of fused-ring (bicyclic) bond motifs is 1. The van der Waals surface area contributed by atoms with E-state index in [-0.39, 0.29) is 5.82 Å². The summed E-state index contributed by atoms with van der Waals surface area (Å²) in [5, 5.41) is 8.73. The molecule has 0 saturated heterocycles. The summed E-state index contributed by atoms with van der Waals surface area (Å²) >= 11 is 3.33. The molecule has 9 heteroatoms. The molecule has 3 rings (SSSR count). The zero-order valence-corrected chi connectivity index (χ0v) is 10.9. The smallest absolute Gasteiger partial charge is 0.181 e. The lowest BCUT2D eigenvalue weighted by Crippen LogP contribution is -1.99. The molecule has 0 amide bonds. The lowest BCUT2D eigenvalue weighted by molar-refractivity contribution is 0.848. The second-order valence-electron chi connectivity index (χ2n) is 3.51. The summed E-state index contributed by atoms with van der Waals surface area (Å²) in [6.45, 7) is 0. The van der Waals surface area contributed by atoms with Crippen molar-refractivity contribution in [2.24, 2.45) is 5.11 Å². The molecule has 0 atom stereocenters.